The fourth-order valence-corrected chi connectivity index (χ4v) is 3.34. The number of carbonyl (C=O) groups excluding carboxylic acids is 1. The lowest BCUT2D eigenvalue weighted by Crippen LogP contribution is -2.36. The maximum atomic E-state index is 13.1. The van der Waals surface area contributed by atoms with E-state index in [0.29, 0.717) is 27.2 Å². The summed E-state index contributed by atoms with van der Waals surface area (Å²) in [4.78, 5) is 21.1. The van der Waals surface area contributed by atoms with Crippen molar-refractivity contribution in [1.29, 1.82) is 0 Å². The first-order chi connectivity index (χ1) is 14.8. The van der Waals surface area contributed by atoms with Crippen molar-refractivity contribution in [2.24, 2.45) is 0 Å². The summed E-state index contributed by atoms with van der Waals surface area (Å²) in [5, 5.41) is 8.54. The molecule has 0 unspecified atom stereocenters. The second kappa shape index (κ2) is 8.43. The topological polar surface area (TPSA) is 87.9 Å². The molecule has 4 aromatic rings. The SMILES string of the molecule is CC(C)N(Cc1nnc(-c2ccccc2Cl)o1)C(=O)c1ccc2nc(C(F)F)[nH]c2c1. The van der Waals surface area contributed by atoms with Crippen LogP contribution >= 0.6 is 11.6 Å². The minimum absolute atomic E-state index is 0.0806. The Morgan fingerprint density at radius 2 is 1.97 bits per heavy atom. The molecule has 0 saturated carbocycles. The number of imidazole rings is 1. The largest absolute Gasteiger partial charge is 0.419 e. The molecule has 2 aromatic heterocycles. The molecule has 0 spiro atoms. The third-order valence-corrected chi connectivity index (χ3v) is 5.04. The van der Waals surface area contributed by atoms with Crippen LogP contribution in [0.5, 0.6) is 0 Å². The smallest absolute Gasteiger partial charge is 0.295 e. The maximum Gasteiger partial charge on any atom is 0.295 e. The van der Waals surface area contributed by atoms with Crippen LogP contribution in [-0.2, 0) is 6.54 Å². The number of amides is 1. The quantitative estimate of drug-likeness (QED) is 0.437. The van der Waals surface area contributed by atoms with E-state index in [2.05, 4.69) is 20.2 Å². The van der Waals surface area contributed by atoms with E-state index in [1.165, 1.54) is 12.1 Å². The van der Waals surface area contributed by atoms with E-state index in [4.69, 9.17) is 16.0 Å². The number of rotatable bonds is 6. The van der Waals surface area contributed by atoms with Crippen LogP contribution < -0.4 is 0 Å². The van der Waals surface area contributed by atoms with E-state index in [9.17, 15) is 13.6 Å². The van der Waals surface area contributed by atoms with Crippen molar-refractivity contribution in [3.63, 3.8) is 0 Å². The summed E-state index contributed by atoms with van der Waals surface area (Å²) in [6.45, 7) is 3.79. The number of nitrogens with zero attached hydrogens (tertiary/aromatic N) is 4. The molecule has 0 bridgehead atoms. The van der Waals surface area contributed by atoms with Gasteiger partial charge in [-0.2, -0.15) is 0 Å². The molecule has 31 heavy (non-hydrogen) atoms. The Labute approximate surface area is 181 Å². The molecule has 0 fully saturated rings. The zero-order valence-electron chi connectivity index (χ0n) is 16.6. The Bertz CT molecular complexity index is 1240. The lowest BCUT2D eigenvalue weighted by atomic mass is 10.1. The number of nitrogens with one attached hydrogen (secondary N) is 1. The van der Waals surface area contributed by atoms with Gasteiger partial charge in [0, 0.05) is 11.6 Å². The van der Waals surface area contributed by atoms with Gasteiger partial charge in [0.15, 0.2) is 5.82 Å². The van der Waals surface area contributed by atoms with Gasteiger partial charge in [0.05, 0.1) is 28.2 Å². The lowest BCUT2D eigenvalue weighted by molar-refractivity contribution is 0.0672. The van der Waals surface area contributed by atoms with E-state index in [-0.39, 0.29) is 30.3 Å². The van der Waals surface area contributed by atoms with E-state index < -0.39 is 12.2 Å². The summed E-state index contributed by atoms with van der Waals surface area (Å²) in [6.07, 6.45) is -2.72. The molecule has 0 radical (unpaired) electrons. The van der Waals surface area contributed by atoms with Crippen LogP contribution in [0.4, 0.5) is 8.78 Å². The number of H-pyrrole nitrogens is 1. The summed E-state index contributed by atoms with van der Waals surface area (Å²) in [6, 6.07) is 11.5. The number of carbonyl (C=O) groups is 1. The first kappa shape index (κ1) is 20.9. The molecule has 0 aliphatic rings. The highest BCUT2D eigenvalue weighted by atomic mass is 35.5. The van der Waals surface area contributed by atoms with Crippen molar-refractivity contribution in [3.05, 3.63) is 64.8 Å². The van der Waals surface area contributed by atoms with Gasteiger partial charge in [-0.25, -0.2) is 13.8 Å². The third-order valence-electron chi connectivity index (χ3n) is 4.71. The highest BCUT2D eigenvalue weighted by molar-refractivity contribution is 6.33. The summed E-state index contributed by atoms with van der Waals surface area (Å²) in [7, 11) is 0. The van der Waals surface area contributed by atoms with E-state index in [0.717, 1.165) is 0 Å². The van der Waals surface area contributed by atoms with Crippen molar-refractivity contribution < 1.29 is 18.0 Å². The van der Waals surface area contributed by atoms with Gasteiger partial charge < -0.3 is 14.3 Å². The Hall–Kier alpha value is -3.33. The van der Waals surface area contributed by atoms with Crippen LogP contribution in [0.3, 0.4) is 0 Å². The Morgan fingerprint density at radius 3 is 2.68 bits per heavy atom. The molecular formula is C21H18ClF2N5O2. The fraction of sp³-hybridized carbons (Fsp3) is 0.238. The number of aromatic amines is 1. The first-order valence-electron chi connectivity index (χ1n) is 9.49. The van der Waals surface area contributed by atoms with Crippen LogP contribution in [0.1, 0.15) is 42.3 Å². The minimum Gasteiger partial charge on any atom is -0.419 e. The van der Waals surface area contributed by atoms with Crippen molar-refractivity contribution >= 4 is 28.5 Å². The first-order valence-corrected chi connectivity index (χ1v) is 9.87. The van der Waals surface area contributed by atoms with Gasteiger partial charge in [0.1, 0.15) is 0 Å². The Kier molecular flexibility index (Phi) is 5.69. The fourth-order valence-electron chi connectivity index (χ4n) is 3.13. The van der Waals surface area contributed by atoms with Crippen molar-refractivity contribution in [2.45, 2.75) is 32.9 Å². The van der Waals surface area contributed by atoms with Crippen LogP contribution in [0.15, 0.2) is 46.9 Å². The highest BCUT2D eigenvalue weighted by Gasteiger charge is 2.23. The molecule has 0 atom stereocenters. The van der Waals surface area contributed by atoms with Gasteiger partial charge in [-0.3, -0.25) is 4.79 Å². The molecule has 2 aromatic carbocycles. The third kappa shape index (κ3) is 4.27. The molecular weight excluding hydrogens is 428 g/mol. The minimum atomic E-state index is -2.72. The average molecular weight is 446 g/mol. The van der Waals surface area contributed by atoms with Crippen LogP contribution in [0.25, 0.3) is 22.5 Å². The summed E-state index contributed by atoms with van der Waals surface area (Å²) < 4.78 is 31.5. The number of fused-ring (bicyclic) bond motifs is 1. The molecule has 4 rings (SSSR count). The number of halogens is 3. The Balaban J connectivity index is 1.59. The summed E-state index contributed by atoms with van der Waals surface area (Å²) in [5.41, 5.74) is 1.66. The van der Waals surface area contributed by atoms with Gasteiger partial charge >= 0.3 is 0 Å². The maximum absolute atomic E-state index is 13.1. The number of hydrogen-bond acceptors (Lipinski definition) is 5. The molecule has 0 saturated heterocycles. The standard InChI is InChI=1S/C21H18ClF2N5O2/c1-11(2)29(10-17-27-28-20(31-17)13-5-3-4-6-14(13)22)21(30)12-7-8-15-16(9-12)26-19(25-15)18(23)24/h3-9,11,18H,10H2,1-2H3,(H,25,26). The predicted molar refractivity (Wildman–Crippen MR) is 111 cm³/mol. The zero-order valence-corrected chi connectivity index (χ0v) is 17.4. The van der Waals surface area contributed by atoms with E-state index >= 15 is 0 Å². The molecule has 2 heterocycles. The normalized spacial score (nSPS) is 11.6. The summed E-state index contributed by atoms with van der Waals surface area (Å²) in [5.74, 6) is -0.226. The van der Waals surface area contributed by atoms with Crippen molar-refractivity contribution in [1.82, 2.24) is 25.1 Å². The van der Waals surface area contributed by atoms with Gasteiger partial charge in [-0.1, -0.05) is 23.7 Å². The van der Waals surface area contributed by atoms with Crippen LogP contribution in [-0.4, -0.2) is 37.0 Å². The van der Waals surface area contributed by atoms with Gasteiger partial charge in [-0.05, 0) is 44.2 Å². The van der Waals surface area contributed by atoms with Crippen LogP contribution in [0, 0.1) is 0 Å². The van der Waals surface area contributed by atoms with E-state index in [1.54, 1.807) is 35.2 Å². The number of benzene rings is 2. The van der Waals surface area contributed by atoms with Gasteiger partial charge in [-0.15, -0.1) is 10.2 Å². The molecule has 160 valence electrons. The second-order valence-electron chi connectivity index (χ2n) is 7.16. The second-order valence-corrected chi connectivity index (χ2v) is 7.57. The molecule has 0 aliphatic carbocycles. The molecule has 1 amide bonds. The molecule has 1 N–H and O–H groups in total. The molecule has 10 heteroatoms. The van der Waals surface area contributed by atoms with E-state index in [1.807, 2.05) is 13.8 Å². The number of alkyl halides is 2. The monoisotopic (exact) mass is 445 g/mol. The lowest BCUT2D eigenvalue weighted by Gasteiger charge is -2.25. The number of aromatic nitrogens is 4. The van der Waals surface area contributed by atoms with Gasteiger partial charge in [0.2, 0.25) is 11.8 Å². The zero-order chi connectivity index (χ0) is 22.1. The number of hydrogen-bond donors (Lipinski definition) is 1. The average Bonchev–Trinajstić information content (AvgIpc) is 3.38. The highest BCUT2D eigenvalue weighted by Crippen LogP contribution is 2.27. The molecule has 7 nitrogen and oxygen atoms in total. The van der Waals surface area contributed by atoms with Crippen LogP contribution in [0.2, 0.25) is 5.02 Å². The predicted octanol–water partition coefficient (Wildman–Crippen LogP) is 5.25. The van der Waals surface area contributed by atoms with Crippen molar-refractivity contribution in [2.75, 3.05) is 0 Å². The van der Waals surface area contributed by atoms with Crippen molar-refractivity contribution in [3.8, 4) is 11.5 Å². The Morgan fingerprint density at radius 1 is 1.19 bits per heavy atom. The molecule has 0 aliphatic heterocycles. The van der Waals surface area contributed by atoms with Gasteiger partial charge in [0.25, 0.3) is 12.3 Å². The summed E-state index contributed by atoms with van der Waals surface area (Å²) >= 11 is 6.18.